The van der Waals surface area contributed by atoms with E-state index in [1.54, 1.807) is 12.1 Å². The summed E-state index contributed by atoms with van der Waals surface area (Å²) >= 11 is 7.20. The maximum absolute atomic E-state index is 12.8. The van der Waals surface area contributed by atoms with E-state index >= 15 is 0 Å². The van der Waals surface area contributed by atoms with Gasteiger partial charge in [-0.15, -0.1) is 24.8 Å². The molecule has 1 fully saturated rings. The summed E-state index contributed by atoms with van der Waals surface area (Å²) in [4.78, 5) is 31.2. The van der Waals surface area contributed by atoms with Gasteiger partial charge in [0.1, 0.15) is 12.6 Å². The molecular weight excluding hydrogens is 519 g/mol. The maximum Gasteiger partial charge on any atom is 0.308 e. The number of nitrogens with one attached hydrogen (secondary N) is 1. The predicted molar refractivity (Wildman–Crippen MR) is 142 cm³/mol. The second kappa shape index (κ2) is 12.9. The van der Waals surface area contributed by atoms with E-state index in [0.717, 1.165) is 41.1 Å². The lowest BCUT2D eigenvalue weighted by Gasteiger charge is -2.32. The predicted octanol–water partition coefficient (Wildman–Crippen LogP) is 3.83. The monoisotopic (exact) mass is 546 g/mol. The fourth-order valence-corrected chi connectivity index (χ4v) is 5.12. The molecule has 1 atom stereocenters. The van der Waals surface area contributed by atoms with Gasteiger partial charge in [-0.25, -0.2) is 0 Å². The Morgan fingerprint density at radius 2 is 2.00 bits per heavy atom. The number of aliphatic hydroxyl groups is 1. The van der Waals surface area contributed by atoms with Crippen LogP contribution in [-0.2, 0) is 11.3 Å². The minimum Gasteiger partial charge on any atom is -0.385 e. The third-order valence-electron chi connectivity index (χ3n) is 5.91. The number of aromatic nitrogens is 2. The quantitative estimate of drug-likeness (QED) is 0.470. The Balaban J connectivity index is 0.00000204. The van der Waals surface area contributed by atoms with Crippen molar-refractivity contribution in [1.29, 1.82) is 0 Å². The Labute approximate surface area is 220 Å². The van der Waals surface area contributed by atoms with Crippen molar-refractivity contribution in [2.45, 2.75) is 32.4 Å². The summed E-state index contributed by atoms with van der Waals surface area (Å²) in [5, 5.41) is 14.2. The van der Waals surface area contributed by atoms with Gasteiger partial charge >= 0.3 is 4.87 Å². The van der Waals surface area contributed by atoms with E-state index in [2.05, 4.69) is 10.3 Å². The van der Waals surface area contributed by atoms with Gasteiger partial charge in [0.05, 0.1) is 15.9 Å². The first-order valence-electron chi connectivity index (χ1n) is 10.8. The molecule has 2 aromatic heterocycles. The summed E-state index contributed by atoms with van der Waals surface area (Å²) in [7, 11) is 0. The number of pyridine rings is 1. The van der Waals surface area contributed by atoms with Crippen molar-refractivity contribution in [3.05, 3.63) is 62.5 Å². The highest BCUT2D eigenvalue weighted by Gasteiger charge is 2.24. The standard InChI is InChI=1S/C23H27ClN4O3S.2ClH/c1-15-3-2-4-18(26-15)20(29)13-25-12-16-7-9-27(10-8-16)22(30)14-28-19-11-17(24)5-6-21(19)32-23(28)31;;/h2-6,11,16,20,25,29H,7-10,12-14H2,1H3;2*1H. The molecule has 11 heteroatoms. The van der Waals surface area contributed by atoms with Gasteiger partial charge in [0.15, 0.2) is 0 Å². The van der Waals surface area contributed by atoms with E-state index in [1.807, 2.05) is 36.1 Å². The number of hydrogen-bond acceptors (Lipinski definition) is 6. The number of amides is 1. The molecule has 3 aromatic rings. The normalized spacial score (nSPS) is 15.0. The van der Waals surface area contributed by atoms with Gasteiger partial charge in [-0.2, -0.15) is 0 Å². The van der Waals surface area contributed by atoms with Crippen LogP contribution in [0.15, 0.2) is 41.2 Å². The highest BCUT2D eigenvalue weighted by Crippen LogP contribution is 2.22. The van der Waals surface area contributed by atoms with Gasteiger partial charge in [-0.05, 0) is 62.6 Å². The van der Waals surface area contributed by atoms with Crippen molar-refractivity contribution >= 4 is 63.9 Å². The highest BCUT2D eigenvalue weighted by atomic mass is 35.5. The number of aryl methyl sites for hydroxylation is 1. The molecule has 3 heterocycles. The van der Waals surface area contributed by atoms with Crippen LogP contribution in [0.1, 0.15) is 30.3 Å². The molecule has 4 rings (SSSR count). The molecule has 34 heavy (non-hydrogen) atoms. The molecule has 0 bridgehead atoms. The zero-order valence-corrected chi connectivity index (χ0v) is 22.0. The average molecular weight is 548 g/mol. The van der Waals surface area contributed by atoms with Crippen molar-refractivity contribution in [2.75, 3.05) is 26.2 Å². The van der Waals surface area contributed by atoms with E-state index in [1.165, 1.54) is 4.57 Å². The van der Waals surface area contributed by atoms with Gasteiger partial charge in [0, 0.05) is 30.4 Å². The van der Waals surface area contributed by atoms with Crippen LogP contribution in [-0.4, -0.2) is 51.6 Å². The summed E-state index contributed by atoms with van der Waals surface area (Å²) < 4.78 is 2.35. The first-order valence-corrected chi connectivity index (χ1v) is 12.0. The summed E-state index contributed by atoms with van der Waals surface area (Å²) in [5.74, 6) is 0.402. The van der Waals surface area contributed by atoms with Gasteiger partial charge in [-0.3, -0.25) is 19.1 Å². The topological polar surface area (TPSA) is 87.5 Å². The lowest BCUT2D eigenvalue weighted by Crippen LogP contribution is -2.43. The third-order valence-corrected chi connectivity index (χ3v) is 7.11. The van der Waals surface area contributed by atoms with Crippen LogP contribution in [0.3, 0.4) is 0 Å². The summed E-state index contributed by atoms with van der Waals surface area (Å²) in [5.41, 5.74) is 2.27. The SMILES string of the molecule is Cc1cccc(C(O)CNCC2CCN(C(=O)Cn3c(=O)sc4ccc(Cl)cc43)CC2)n1.Cl.Cl. The Morgan fingerprint density at radius 1 is 1.26 bits per heavy atom. The number of halogens is 3. The number of nitrogens with zero attached hydrogens (tertiary/aromatic N) is 3. The smallest absolute Gasteiger partial charge is 0.308 e. The molecule has 1 aliphatic heterocycles. The van der Waals surface area contributed by atoms with Crippen LogP contribution in [0.25, 0.3) is 10.2 Å². The zero-order valence-electron chi connectivity index (χ0n) is 18.8. The van der Waals surface area contributed by atoms with E-state index in [4.69, 9.17) is 11.6 Å². The van der Waals surface area contributed by atoms with Gasteiger partial charge < -0.3 is 15.3 Å². The van der Waals surface area contributed by atoms with Crippen molar-refractivity contribution in [3.63, 3.8) is 0 Å². The molecular formula is C23H29Cl3N4O3S. The Bertz CT molecular complexity index is 1160. The number of benzene rings is 1. The number of hydrogen-bond donors (Lipinski definition) is 2. The van der Waals surface area contributed by atoms with Crippen LogP contribution in [0.2, 0.25) is 5.02 Å². The van der Waals surface area contributed by atoms with Crippen molar-refractivity contribution in [1.82, 2.24) is 19.8 Å². The molecule has 1 unspecified atom stereocenters. The molecule has 2 N–H and O–H groups in total. The molecule has 0 spiro atoms. The summed E-state index contributed by atoms with van der Waals surface area (Å²) in [6.45, 7) is 4.53. The van der Waals surface area contributed by atoms with Gasteiger partial charge in [-0.1, -0.05) is 29.0 Å². The lowest BCUT2D eigenvalue weighted by atomic mass is 9.96. The molecule has 0 saturated carbocycles. The minimum absolute atomic E-state index is 0. The van der Waals surface area contributed by atoms with E-state index in [9.17, 15) is 14.7 Å². The number of fused-ring (bicyclic) bond motifs is 1. The van der Waals surface area contributed by atoms with Crippen molar-refractivity contribution in [3.8, 4) is 0 Å². The first-order chi connectivity index (χ1) is 15.4. The van der Waals surface area contributed by atoms with E-state index in [0.29, 0.717) is 41.8 Å². The Kier molecular flexibility index (Phi) is 10.8. The Morgan fingerprint density at radius 3 is 2.71 bits per heavy atom. The van der Waals surface area contributed by atoms with Crippen LogP contribution in [0, 0.1) is 12.8 Å². The van der Waals surface area contributed by atoms with Crippen LogP contribution in [0.5, 0.6) is 0 Å². The van der Waals surface area contributed by atoms with Gasteiger partial charge in [0.2, 0.25) is 5.91 Å². The molecule has 1 amide bonds. The minimum atomic E-state index is -0.635. The molecule has 0 aliphatic carbocycles. The molecule has 1 aromatic carbocycles. The summed E-state index contributed by atoms with van der Waals surface area (Å²) in [6, 6.07) is 10.9. The van der Waals surface area contributed by atoms with Crippen molar-refractivity contribution < 1.29 is 9.90 Å². The Hall–Kier alpha value is -1.68. The molecule has 186 valence electrons. The second-order valence-electron chi connectivity index (χ2n) is 8.27. The number of aliphatic hydroxyl groups excluding tert-OH is 1. The van der Waals surface area contributed by atoms with Crippen LogP contribution >= 0.6 is 47.8 Å². The number of rotatable bonds is 7. The van der Waals surface area contributed by atoms with Crippen LogP contribution in [0.4, 0.5) is 0 Å². The van der Waals surface area contributed by atoms with Crippen LogP contribution < -0.4 is 10.2 Å². The third kappa shape index (κ3) is 6.93. The summed E-state index contributed by atoms with van der Waals surface area (Å²) in [6.07, 6.45) is 1.15. The molecule has 1 saturated heterocycles. The first kappa shape index (κ1) is 28.6. The number of likely N-dealkylation sites (tertiary alicyclic amines) is 1. The second-order valence-corrected chi connectivity index (χ2v) is 9.70. The molecule has 1 aliphatic rings. The number of thiazole rings is 1. The van der Waals surface area contributed by atoms with E-state index in [-0.39, 0.29) is 42.1 Å². The van der Waals surface area contributed by atoms with E-state index < -0.39 is 6.10 Å². The highest BCUT2D eigenvalue weighted by molar-refractivity contribution is 7.16. The molecule has 0 radical (unpaired) electrons. The number of carbonyl (C=O) groups excluding carboxylic acids is 1. The average Bonchev–Trinajstić information content (AvgIpc) is 3.08. The fraction of sp³-hybridized carbons (Fsp3) is 0.435. The van der Waals surface area contributed by atoms with Gasteiger partial charge in [0.25, 0.3) is 0 Å². The largest absolute Gasteiger partial charge is 0.385 e. The number of piperidine rings is 1. The lowest BCUT2D eigenvalue weighted by molar-refractivity contribution is -0.133. The fourth-order valence-electron chi connectivity index (χ4n) is 4.09. The zero-order chi connectivity index (χ0) is 22.7. The number of carbonyl (C=O) groups is 1. The molecule has 7 nitrogen and oxygen atoms in total. The van der Waals surface area contributed by atoms with Crippen molar-refractivity contribution in [2.24, 2.45) is 5.92 Å². The maximum atomic E-state index is 12.8.